The molecule has 234 valence electrons. The van der Waals surface area contributed by atoms with Gasteiger partial charge in [0.05, 0.1) is 29.5 Å². The summed E-state index contributed by atoms with van der Waals surface area (Å²) in [5.41, 5.74) is -5.90. The van der Waals surface area contributed by atoms with Crippen LogP contribution in [-0.2, 0) is 29.6 Å². The third-order valence-corrected chi connectivity index (χ3v) is 9.83. The van der Waals surface area contributed by atoms with Crippen LogP contribution in [0.25, 0.3) is 4.13 Å². The molecule has 0 saturated heterocycles. The zero-order chi connectivity index (χ0) is 30.9. The Hall–Kier alpha value is -0.670. The minimum atomic E-state index is -6.26. The topological polar surface area (TPSA) is 109 Å². The lowest BCUT2D eigenvalue weighted by atomic mass is 10.0. The van der Waals surface area contributed by atoms with Gasteiger partial charge in [-0.3, -0.25) is 4.79 Å². The number of rotatable bonds is 19. The minimum Gasteiger partial charge on any atom is -0.466 e. The highest BCUT2D eigenvalue weighted by molar-refractivity contribution is 8.12. The number of thioether (sulfide) groups is 2. The molecule has 0 saturated carbocycles. The standard InChI is InChI=1S/C18H26F10NO6S4/c1-15(20,21)11-17(24,25)14(13(19)16(2,22)23)37-8-4-7-36-9-5-12(30)35-6-3-10-38(31,32)29-39(33,34)18(26,27)28/h13-14H,3-11H2,1-2H3/q-1. The molecule has 0 aliphatic carbocycles. The van der Waals surface area contributed by atoms with Crippen LogP contribution in [0.5, 0.6) is 0 Å². The fourth-order valence-corrected chi connectivity index (χ4v) is 7.22. The summed E-state index contributed by atoms with van der Waals surface area (Å²) in [7, 11) is -11.3. The molecule has 0 amide bonds. The predicted molar refractivity (Wildman–Crippen MR) is 126 cm³/mol. The van der Waals surface area contributed by atoms with E-state index in [4.69, 9.17) is 0 Å². The molecule has 0 N–H and O–H groups in total. The number of hydrogen-bond donors (Lipinski definition) is 0. The second-order valence-corrected chi connectivity index (χ2v) is 14.3. The summed E-state index contributed by atoms with van der Waals surface area (Å²) < 4.78 is 182. The van der Waals surface area contributed by atoms with Gasteiger partial charge in [-0.1, -0.05) is 0 Å². The molecular formula is C18H26F10NO6S4-. The molecule has 21 heteroatoms. The second-order valence-electron chi connectivity index (χ2n) is 8.23. The van der Waals surface area contributed by atoms with Crippen LogP contribution in [-0.4, -0.2) is 87.1 Å². The molecule has 0 rings (SSSR count). The Labute approximate surface area is 227 Å². The van der Waals surface area contributed by atoms with Gasteiger partial charge in [0.2, 0.25) is 0 Å². The van der Waals surface area contributed by atoms with E-state index in [0.29, 0.717) is 0 Å². The first kappa shape index (κ1) is 38.3. The van der Waals surface area contributed by atoms with Crippen LogP contribution in [0.2, 0.25) is 0 Å². The Morgan fingerprint density at radius 1 is 0.897 bits per heavy atom. The second kappa shape index (κ2) is 15.0. The third kappa shape index (κ3) is 15.8. The third-order valence-electron chi connectivity index (χ3n) is 4.21. The van der Waals surface area contributed by atoms with Gasteiger partial charge in [0.15, 0.2) is 16.2 Å². The summed E-state index contributed by atoms with van der Waals surface area (Å²) in [6.45, 7) is -0.364. The van der Waals surface area contributed by atoms with Crippen molar-refractivity contribution in [1.82, 2.24) is 0 Å². The quantitative estimate of drug-likeness (QED) is 0.0970. The molecule has 2 atom stereocenters. The Kier molecular flexibility index (Phi) is 14.7. The largest absolute Gasteiger partial charge is 0.480 e. The fraction of sp³-hybridized carbons (Fsp3) is 0.944. The average Bonchev–Trinajstić information content (AvgIpc) is 2.68. The van der Waals surface area contributed by atoms with Gasteiger partial charge in [-0.2, -0.15) is 24.9 Å². The minimum absolute atomic E-state index is 0.0592. The van der Waals surface area contributed by atoms with E-state index in [-0.39, 0.29) is 55.7 Å². The van der Waals surface area contributed by atoms with Crippen LogP contribution in [0.4, 0.5) is 43.9 Å². The van der Waals surface area contributed by atoms with Crippen molar-refractivity contribution in [1.29, 1.82) is 0 Å². The molecule has 0 aromatic carbocycles. The number of sulfonamides is 2. The molecule has 0 aliphatic rings. The highest BCUT2D eigenvalue weighted by Gasteiger charge is 2.55. The number of esters is 1. The summed E-state index contributed by atoms with van der Waals surface area (Å²) in [5, 5.41) is -2.73. The summed E-state index contributed by atoms with van der Waals surface area (Å²) in [6, 6.07) is 0. The number of halogens is 10. The van der Waals surface area contributed by atoms with Gasteiger partial charge < -0.3 is 8.86 Å². The van der Waals surface area contributed by atoms with E-state index < -0.39 is 85.9 Å². The fourth-order valence-electron chi connectivity index (χ4n) is 2.56. The Bertz CT molecular complexity index is 982. The molecule has 0 fully saturated rings. The van der Waals surface area contributed by atoms with Crippen LogP contribution in [0.15, 0.2) is 0 Å². The van der Waals surface area contributed by atoms with Crippen molar-refractivity contribution < 1.29 is 70.3 Å². The van der Waals surface area contributed by atoms with Crippen molar-refractivity contribution in [2.45, 2.75) is 74.2 Å². The van der Waals surface area contributed by atoms with Gasteiger partial charge in [-0.05, 0) is 31.3 Å². The van der Waals surface area contributed by atoms with Crippen molar-refractivity contribution in [2.24, 2.45) is 0 Å². The summed E-state index contributed by atoms with van der Waals surface area (Å²) in [4.78, 5) is 11.6. The van der Waals surface area contributed by atoms with Crippen LogP contribution >= 0.6 is 23.5 Å². The van der Waals surface area contributed by atoms with Gasteiger partial charge in [0.25, 0.3) is 17.8 Å². The number of hydrogen-bond acceptors (Lipinski definition) is 8. The van der Waals surface area contributed by atoms with E-state index in [1.807, 2.05) is 4.13 Å². The lowest BCUT2D eigenvalue weighted by Crippen LogP contribution is -2.48. The first-order valence-corrected chi connectivity index (χ1v) is 16.0. The van der Waals surface area contributed by atoms with E-state index in [1.165, 1.54) is 0 Å². The van der Waals surface area contributed by atoms with E-state index in [0.717, 1.165) is 11.8 Å². The summed E-state index contributed by atoms with van der Waals surface area (Å²) in [5.74, 6) is -14.6. The molecule has 0 bridgehead atoms. The number of nitrogens with zero attached hydrogens (tertiary/aromatic N) is 1. The molecule has 0 aromatic heterocycles. The molecule has 0 aromatic rings. The molecule has 0 radical (unpaired) electrons. The summed E-state index contributed by atoms with van der Waals surface area (Å²) >= 11 is 1.16. The maximum absolute atomic E-state index is 14.2. The average molecular weight is 671 g/mol. The molecule has 0 heterocycles. The smallest absolute Gasteiger partial charge is 0.466 e. The maximum atomic E-state index is 14.2. The zero-order valence-corrected chi connectivity index (χ0v) is 23.6. The highest BCUT2D eigenvalue weighted by atomic mass is 32.3. The van der Waals surface area contributed by atoms with E-state index in [1.54, 1.807) is 0 Å². The molecular weight excluding hydrogens is 644 g/mol. The molecule has 0 spiro atoms. The van der Waals surface area contributed by atoms with E-state index in [2.05, 4.69) is 4.74 Å². The van der Waals surface area contributed by atoms with Crippen LogP contribution in [0, 0.1) is 0 Å². The monoisotopic (exact) mass is 670 g/mol. The molecule has 0 aliphatic heterocycles. The maximum Gasteiger partial charge on any atom is 0.480 e. The lowest BCUT2D eigenvalue weighted by molar-refractivity contribution is -0.143. The van der Waals surface area contributed by atoms with Crippen molar-refractivity contribution in [3.63, 3.8) is 0 Å². The predicted octanol–water partition coefficient (Wildman–Crippen LogP) is 5.76. The van der Waals surface area contributed by atoms with Gasteiger partial charge in [0, 0.05) is 18.4 Å². The first-order valence-electron chi connectivity index (χ1n) is 10.7. The normalized spacial score (nSPS) is 15.7. The highest BCUT2D eigenvalue weighted by Crippen LogP contribution is 2.44. The number of carbonyl (C=O) groups excluding carboxylic acids is 1. The molecule has 39 heavy (non-hydrogen) atoms. The Morgan fingerprint density at radius 2 is 1.46 bits per heavy atom. The molecule has 7 nitrogen and oxygen atoms in total. The van der Waals surface area contributed by atoms with Crippen molar-refractivity contribution in [3.05, 3.63) is 4.13 Å². The SMILES string of the molecule is CC(F)(F)CC(F)(F)C(SCCCSCCC(=O)OCCCS(=O)(=O)[N-]S(=O)(=O)C(F)(F)F)C(F)C(C)(F)F. The van der Waals surface area contributed by atoms with Crippen molar-refractivity contribution in [3.8, 4) is 0 Å². The summed E-state index contributed by atoms with van der Waals surface area (Å²) in [6.07, 6.45) is -6.25. The van der Waals surface area contributed by atoms with Crippen molar-refractivity contribution in [2.75, 3.05) is 29.6 Å². The Morgan fingerprint density at radius 3 is 1.95 bits per heavy atom. The number of ether oxygens (including phenoxy) is 1. The number of carbonyl (C=O) groups is 1. The van der Waals surface area contributed by atoms with Crippen LogP contribution in [0.1, 0.15) is 39.5 Å². The van der Waals surface area contributed by atoms with E-state index in [9.17, 15) is 65.5 Å². The van der Waals surface area contributed by atoms with Crippen LogP contribution in [0.3, 0.4) is 0 Å². The number of alkyl halides is 10. The Balaban J connectivity index is 4.40. The van der Waals surface area contributed by atoms with Crippen LogP contribution < -0.4 is 0 Å². The molecule has 2 unspecified atom stereocenters. The van der Waals surface area contributed by atoms with Crippen molar-refractivity contribution >= 4 is 49.5 Å². The van der Waals surface area contributed by atoms with Gasteiger partial charge in [-0.15, -0.1) is 11.8 Å². The zero-order valence-electron chi connectivity index (χ0n) is 20.3. The van der Waals surface area contributed by atoms with Gasteiger partial charge in [0.1, 0.15) is 5.25 Å². The first-order chi connectivity index (χ1) is 17.3. The van der Waals surface area contributed by atoms with Gasteiger partial charge in [-0.25, -0.2) is 47.6 Å². The van der Waals surface area contributed by atoms with Gasteiger partial charge >= 0.3 is 11.5 Å². The van der Waals surface area contributed by atoms with E-state index >= 15 is 0 Å². The lowest BCUT2D eigenvalue weighted by Gasteiger charge is -2.32.